The van der Waals surface area contributed by atoms with Gasteiger partial charge in [-0.2, -0.15) is 0 Å². The topological polar surface area (TPSA) is 12.0 Å². The van der Waals surface area contributed by atoms with Crippen molar-refractivity contribution < 1.29 is 4.39 Å². The highest BCUT2D eigenvalue weighted by Gasteiger charge is 2.21. The highest BCUT2D eigenvalue weighted by Crippen LogP contribution is 2.33. The lowest BCUT2D eigenvalue weighted by Crippen LogP contribution is -2.26. The van der Waals surface area contributed by atoms with Gasteiger partial charge < -0.3 is 5.32 Å². The largest absolute Gasteiger partial charge is 0.310 e. The van der Waals surface area contributed by atoms with Crippen molar-refractivity contribution in [2.45, 2.75) is 57.9 Å². The first kappa shape index (κ1) is 16.2. The SMILES string of the molecule is CCCNC(CC1CCCCC1)c1ccc(F)cc1I. The monoisotopic (exact) mass is 389 g/mol. The molecule has 3 heteroatoms. The quantitative estimate of drug-likeness (QED) is 0.639. The summed E-state index contributed by atoms with van der Waals surface area (Å²) in [5.74, 6) is 0.698. The van der Waals surface area contributed by atoms with Gasteiger partial charge in [0.25, 0.3) is 0 Å². The first-order valence-electron chi connectivity index (χ1n) is 7.89. The van der Waals surface area contributed by atoms with Crippen LogP contribution in [0.25, 0.3) is 0 Å². The Kier molecular flexibility index (Phi) is 6.75. The van der Waals surface area contributed by atoms with Gasteiger partial charge in [0.15, 0.2) is 0 Å². The van der Waals surface area contributed by atoms with Gasteiger partial charge in [0.1, 0.15) is 5.82 Å². The van der Waals surface area contributed by atoms with Crippen LogP contribution in [0.1, 0.15) is 63.5 Å². The van der Waals surface area contributed by atoms with Crippen LogP contribution in [0.4, 0.5) is 4.39 Å². The molecule has 1 aromatic carbocycles. The van der Waals surface area contributed by atoms with Gasteiger partial charge >= 0.3 is 0 Å². The fourth-order valence-electron chi connectivity index (χ4n) is 3.18. The lowest BCUT2D eigenvalue weighted by Gasteiger charge is -2.28. The van der Waals surface area contributed by atoms with E-state index in [0.29, 0.717) is 6.04 Å². The minimum absolute atomic E-state index is 0.134. The molecule has 1 aliphatic rings. The molecule has 2 rings (SSSR count). The molecular formula is C17H25FIN. The Morgan fingerprint density at radius 1 is 1.30 bits per heavy atom. The molecule has 0 radical (unpaired) electrons. The maximum Gasteiger partial charge on any atom is 0.124 e. The summed E-state index contributed by atoms with van der Waals surface area (Å²) >= 11 is 2.27. The molecule has 0 amide bonds. The Labute approximate surface area is 135 Å². The molecule has 0 bridgehead atoms. The van der Waals surface area contributed by atoms with Gasteiger partial charge in [-0.1, -0.05) is 45.1 Å². The summed E-state index contributed by atoms with van der Waals surface area (Å²) < 4.78 is 14.3. The second-order valence-electron chi connectivity index (χ2n) is 5.91. The highest BCUT2D eigenvalue weighted by atomic mass is 127. The van der Waals surface area contributed by atoms with Crippen LogP contribution in [-0.2, 0) is 0 Å². The normalized spacial score (nSPS) is 18.1. The number of benzene rings is 1. The van der Waals surface area contributed by atoms with Crippen LogP contribution in [0.3, 0.4) is 0 Å². The third-order valence-corrected chi connectivity index (χ3v) is 5.21. The maximum absolute atomic E-state index is 13.3. The molecule has 0 aliphatic heterocycles. The second kappa shape index (κ2) is 8.32. The molecular weight excluding hydrogens is 364 g/mol. The first-order valence-corrected chi connectivity index (χ1v) is 8.97. The highest BCUT2D eigenvalue weighted by molar-refractivity contribution is 14.1. The number of hydrogen-bond acceptors (Lipinski definition) is 1. The van der Waals surface area contributed by atoms with Crippen LogP contribution < -0.4 is 5.32 Å². The van der Waals surface area contributed by atoms with Gasteiger partial charge in [-0.05, 0) is 65.6 Å². The van der Waals surface area contributed by atoms with E-state index in [2.05, 4.69) is 34.8 Å². The van der Waals surface area contributed by atoms with Crippen LogP contribution in [-0.4, -0.2) is 6.54 Å². The minimum Gasteiger partial charge on any atom is -0.310 e. The average Bonchev–Trinajstić information content (AvgIpc) is 2.45. The van der Waals surface area contributed by atoms with E-state index in [0.717, 1.165) is 22.5 Å². The van der Waals surface area contributed by atoms with Crippen LogP contribution in [0.15, 0.2) is 18.2 Å². The van der Waals surface area contributed by atoms with Crippen LogP contribution in [0.5, 0.6) is 0 Å². The lowest BCUT2D eigenvalue weighted by molar-refractivity contribution is 0.299. The van der Waals surface area contributed by atoms with Crippen molar-refractivity contribution in [3.05, 3.63) is 33.1 Å². The molecule has 1 atom stereocenters. The predicted octanol–water partition coefficient (Wildman–Crippen LogP) is 5.44. The van der Waals surface area contributed by atoms with Crippen molar-refractivity contribution in [3.8, 4) is 0 Å². The molecule has 1 nitrogen and oxygen atoms in total. The Bertz CT molecular complexity index is 415. The van der Waals surface area contributed by atoms with Gasteiger partial charge in [-0.3, -0.25) is 0 Å². The zero-order chi connectivity index (χ0) is 14.4. The zero-order valence-electron chi connectivity index (χ0n) is 12.3. The summed E-state index contributed by atoms with van der Waals surface area (Å²) in [5.41, 5.74) is 1.27. The number of rotatable bonds is 6. The van der Waals surface area contributed by atoms with E-state index in [4.69, 9.17) is 0 Å². The summed E-state index contributed by atoms with van der Waals surface area (Å²) in [5, 5.41) is 3.67. The van der Waals surface area contributed by atoms with Crippen molar-refractivity contribution in [1.29, 1.82) is 0 Å². The summed E-state index contributed by atoms with van der Waals surface area (Å²) in [6.07, 6.45) is 9.22. The van der Waals surface area contributed by atoms with Gasteiger partial charge in [0.2, 0.25) is 0 Å². The summed E-state index contributed by atoms with van der Waals surface area (Å²) in [7, 11) is 0. The van der Waals surface area contributed by atoms with Crippen molar-refractivity contribution in [3.63, 3.8) is 0 Å². The van der Waals surface area contributed by atoms with Gasteiger partial charge in [0, 0.05) is 9.61 Å². The van der Waals surface area contributed by atoms with E-state index in [-0.39, 0.29) is 5.82 Å². The molecule has 1 saturated carbocycles. The average molecular weight is 389 g/mol. The van der Waals surface area contributed by atoms with Gasteiger partial charge in [0.05, 0.1) is 0 Å². The van der Waals surface area contributed by atoms with E-state index in [1.54, 1.807) is 12.1 Å². The van der Waals surface area contributed by atoms with E-state index in [9.17, 15) is 4.39 Å². The van der Waals surface area contributed by atoms with E-state index < -0.39 is 0 Å². The van der Waals surface area contributed by atoms with Crippen LogP contribution in [0, 0.1) is 15.3 Å². The molecule has 112 valence electrons. The molecule has 1 aliphatic carbocycles. The lowest BCUT2D eigenvalue weighted by atomic mass is 9.83. The molecule has 1 unspecified atom stereocenters. The summed E-state index contributed by atoms with van der Waals surface area (Å²) in [6.45, 7) is 3.23. The third-order valence-electron chi connectivity index (χ3n) is 4.27. The molecule has 20 heavy (non-hydrogen) atoms. The van der Waals surface area contributed by atoms with Crippen molar-refractivity contribution in [2.24, 2.45) is 5.92 Å². The third kappa shape index (κ3) is 4.69. The van der Waals surface area contributed by atoms with Crippen LogP contribution in [0.2, 0.25) is 0 Å². The molecule has 0 heterocycles. The summed E-state index contributed by atoms with van der Waals surface area (Å²) in [4.78, 5) is 0. The van der Waals surface area contributed by atoms with Crippen molar-refractivity contribution in [2.75, 3.05) is 6.54 Å². The molecule has 0 saturated heterocycles. The Morgan fingerprint density at radius 2 is 2.05 bits per heavy atom. The molecule has 0 spiro atoms. The number of halogens is 2. The van der Waals surface area contributed by atoms with Crippen LogP contribution >= 0.6 is 22.6 Å². The summed E-state index contributed by atoms with van der Waals surface area (Å²) in [6, 6.07) is 5.59. The molecule has 1 fully saturated rings. The predicted molar refractivity (Wildman–Crippen MR) is 91.3 cm³/mol. The molecule has 1 N–H and O–H groups in total. The van der Waals surface area contributed by atoms with Crippen molar-refractivity contribution >= 4 is 22.6 Å². The fraction of sp³-hybridized carbons (Fsp3) is 0.647. The Balaban J connectivity index is 2.08. The van der Waals surface area contributed by atoms with Gasteiger partial charge in [-0.25, -0.2) is 4.39 Å². The minimum atomic E-state index is -0.134. The zero-order valence-corrected chi connectivity index (χ0v) is 14.5. The first-order chi connectivity index (χ1) is 9.70. The van der Waals surface area contributed by atoms with Gasteiger partial charge in [-0.15, -0.1) is 0 Å². The Hall–Kier alpha value is -0.160. The van der Waals surface area contributed by atoms with E-state index >= 15 is 0 Å². The van der Waals surface area contributed by atoms with E-state index in [1.807, 2.05) is 6.07 Å². The van der Waals surface area contributed by atoms with E-state index in [1.165, 1.54) is 44.1 Å². The fourth-order valence-corrected chi connectivity index (χ4v) is 4.03. The van der Waals surface area contributed by atoms with Crippen molar-refractivity contribution in [1.82, 2.24) is 5.32 Å². The second-order valence-corrected chi connectivity index (χ2v) is 7.07. The molecule has 1 aromatic rings. The molecule has 0 aromatic heterocycles. The standard InChI is InChI=1S/C17H25FIN/c1-2-10-20-17(11-13-6-4-3-5-7-13)15-9-8-14(18)12-16(15)19/h8-9,12-13,17,20H,2-7,10-11H2,1H3. The number of nitrogens with one attached hydrogen (secondary N) is 1. The maximum atomic E-state index is 13.3. The number of hydrogen-bond donors (Lipinski definition) is 1. The Morgan fingerprint density at radius 3 is 2.70 bits per heavy atom. The smallest absolute Gasteiger partial charge is 0.124 e.